The van der Waals surface area contributed by atoms with Crippen molar-refractivity contribution in [1.29, 1.82) is 0 Å². The number of allylic oxidation sites excluding steroid dienone is 1. The van der Waals surface area contributed by atoms with E-state index in [9.17, 15) is 0 Å². The molecule has 0 saturated carbocycles. The maximum absolute atomic E-state index is 9.14. The topological polar surface area (TPSA) is 33.1 Å². The lowest BCUT2D eigenvalue weighted by molar-refractivity contribution is 0.510. The maximum atomic E-state index is 9.14. The summed E-state index contributed by atoms with van der Waals surface area (Å²) in [6.07, 6.45) is 5.40. The van der Waals surface area contributed by atoms with Crippen molar-refractivity contribution < 1.29 is 5.11 Å². The zero-order valence-corrected chi connectivity index (χ0v) is 6.99. The van der Waals surface area contributed by atoms with E-state index in [1.165, 1.54) is 0 Å². The van der Waals surface area contributed by atoms with Crippen molar-refractivity contribution in [1.82, 2.24) is 4.98 Å². The highest BCUT2D eigenvalue weighted by Crippen LogP contribution is 2.13. The molecule has 0 aromatic carbocycles. The van der Waals surface area contributed by atoms with Gasteiger partial charge in [0.05, 0.1) is 0 Å². The van der Waals surface area contributed by atoms with Crippen LogP contribution in [0.1, 0.15) is 18.2 Å². The minimum atomic E-state index is 0.00343. The first-order chi connectivity index (χ1) is 5.75. The fraction of sp³-hybridized carbons (Fsp3) is 0.100. The van der Waals surface area contributed by atoms with Crippen LogP contribution in [0.4, 0.5) is 0 Å². The van der Waals surface area contributed by atoms with Crippen LogP contribution in [0.5, 0.6) is 0 Å². The monoisotopic (exact) mass is 161 g/mol. The number of hydrogen-bond acceptors (Lipinski definition) is 2. The van der Waals surface area contributed by atoms with Crippen LogP contribution < -0.4 is 0 Å². The SMILES string of the molecule is C=C(O)c1ncccc1/C=C\C. The lowest BCUT2D eigenvalue weighted by Crippen LogP contribution is -1.90. The summed E-state index contributed by atoms with van der Waals surface area (Å²) < 4.78 is 0. The molecule has 1 N–H and O–H groups in total. The molecular formula is C10H11NO. The van der Waals surface area contributed by atoms with Crippen molar-refractivity contribution >= 4 is 11.8 Å². The Labute approximate surface area is 71.9 Å². The predicted octanol–water partition coefficient (Wildman–Crippen LogP) is 2.64. The molecule has 0 spiro atoms. The third-order valence-corrected chi connectivity index (χ3v) is 1.46. The minimum absolute atomic E-state index is 0.00343. The molecule has 0 saturated heterocycles. The Hall–Kier alpha value is -1.57. The molecule has 0 unspecified atom stereocenters. The molecule has 0 atom stereocenters. The highest BCUT2D eigenvalue weighted by atomic mass is 16.3. The van der Waals surface area contributed by atoms with E-state index in [1.54, 1.807) is 6.20 Å². The zero-order valence-electron chi connectivity index (χ0n) is 6.99. The van der Waals surface area contributed by atoms with Crippen LogP contribution >= 0.6 is 0 Å². The quantitative estimate of drug-likeness (QED) is 0.676. The number of aliphatic hydroxyl groups excluding tert-OH is 1. The molecule has 62 valence electrons. The molecule has 0 aliphatic heterocycles. The summed E-state index contributed by atoms with van der Waals surface area (Å²) in [4.78, 5) is 4.00. The Balaban J connectivity index is 3.17. The van der Waals surface area contributed by atoms with Gasteiger partial charge in [-0.15, -0.1) is 0 Å². The second kappa shape index (κ2) is 3.72. The molecule has 0 radical (unpaired) electrons. The van der Waals surface area contributed by atoms with Gasteiger partial charge in [0.25, 0.3) is 0 Å². The van der Waals surface area contributed by atoms with Crippen LogP contribution in [0.3, 0.4) is 0 Å². The van der Waals surface area contributed by atoms with Crippen LogP contribution in [0, 0.1) is 0 Å². The fourth-order valence-electron chi connectivity index (χ4n) is 0.973. The Morgan fingerprint density at radius 1 is 1.67 bits per heavy atom. The number of aliphatic hydroxyl groups is 1. The van der Waals surface area contributed by atoms with Gasteiger partial charge in [-0.1, -0.05) is 24.8 Å². The highest BCUT2D eigenvalue weighted by molar-refractivity contribution is 5.65. The van der Waals surface area contributed by atoms with Crippen LogP contribution in [0.15, 0.2) is 31.0 Å². The number of aromatic nitrogens is 1. The predicted molar refractivity (Wildman–Crippen MR) is 50.6 cm³/mol. The summed E-state index contributed by atoms with van der Waals surface area (Å²) in [5.41, 5.74) is 1.42. The zero-order chi connectivity index (χ0) is 8.97. The summed E-state index contributed by atoms with van der Waals surface area (Å²) in [6.45, 7) is 5.34. The summed E-state index contributed by atoms with van der Waals surface area (Å²) in [5, 5.41) is 9.14. The van der Waals surface area contributed by atoms with Crippen LogP contribution in [0.25, 0.3) is 11.8 Å². The Kier molecular flexibility index (Phi) is 2.64. The maximum Gasteiger partial charge on any atom is 0.134 e. The number of nitrogens with zero attached hydrogens (tertiary/aromatic N) is 1. The first-order valence-electron chi connectivity index (χ1n) is 3.71. The van der Waals surface area contributed by atoms with Crippen LogP contribution in [-0.2, 0) is 0 Å². The van der Waals surface area contributed by atoms with Crippen molar-refractivity contribution in [2.75, 3.05) is 0 Å². The van der Waals surface area contributed by atoms with E-state index in [-0.39, 0.29) is 5.76 Å². The van der Waals surface area contributed by atoms with Crippen molar-refractivity contribution in [3.05, 3.63) is 42.2 Å². The van der Waals surface area contributed by atoms with Gasteiger partial charge in [0.15, 0.2) is 0 Å². The smallest absolute Gasteiger partial charge is 0.134 e. The molecule has 12 heavy (non-hydrogen) atoms. The van der Waals surface area contributed by atoms with Gasteiger partial charge in [0.1, 0.15) is 11.5 Å². The molecule has 1 heterocycles. The molecule has 1 aromatic rings. The Morgan fingerprint density at radius 2 is 2.42 bits per heavy atom. The Morgan fingerprint density at radius 3 is 3.00 bits per heavy atom. The fourth-order valence-corrected chi connectivity index (χ4v) is 0.973. The molecule has 1 rings (SSSR count). The lowest BCUT2D eigenvalue weighted by atomic mass is 10.1. The second-order valence-corrected chi connectivity index (χ2v) is 2.39. The van der Waals surface area contributed by atoms with Crippen molar-refractivity contribution in [2.24, 2.45) is 0 Å². The van der Waals surface area contributed by atoms with E-state index in [4.69, 9.17) is 5.11 Å². The van der Waals surface area contributed by atoms with Crippen molar-refractivity contribution in [3.63, 3.8) is 0 Å². The summed E-state index contributed by atoms with van der Waals surface area (Å²) in [6, 6.07) is 3.70. The van der Waals surface area contributed by atoms with Crippen molar-refractivity contribution in [3.8, 4) is 0 Å². The molecule has 0 aliphatic rings. The molecule has 1 aromatic heterocycles. The standard InChI is InChI=1S/C10H11NO/c1-3-5-9-6-4-7-11-10(9)8(2)12/h3-7,12H,2H2,1H3/b5-3-. The van der Waals surface area contributed by atoms with E-state index in [1.807, 2.05) is 31.2 Å². The molecule has 2 heteroatoms. The van der Waals surface area contributed by atoms with Gasteiger partial charge in [0.2, 0.25) is 0 Å². The van der Waals surface area contributed by atoms with E-state index >= 15 is 0 Å². The van der Waals surface area contributed by atoms with Gasteiger partial charge in [-0.25, -0.2) is 0 Å². The molecule has 0 fully saturated rings. The first kappa shape index (κ1) is 8.53. The average Bonchev–Trinajstić information content (AvgIpc) is 2.05. The van der Waals surface area contributed by atoms with E-state index in [2.05, 4.69) is 11.6 Å². The minimum Gasteiger partial charge on any atom is -0.506 e. The first-order valence-corrected chi connectivity index (χ1v) is 3.71. The molecule has 0 amide bonds. The third kappa shape index (κ3) is 1.72. The largest absolute Gasteiger partial charge is 0.506 e. The molecule has 0 aliphatic carbocycles. The van der Waals surface area contributed by atoms with Crippen LogP contribution in [-0.4, -0.2) is 10.1 Å². The highest BCUT2D eigenvalue weighted by Gasteiger charge is 2.01. The van der Waals surface area contributed by atoms with Crippen molar-refractivity contribution in [2.45, 2.75) is 6.92 Å². The Bertz CT molecular complexity index is 315. The molecule has 0 bridgehead atoms. The van der Waals surface area contributed by atoms with Gasteiger partial charge in [-0.3, -0.25) is 4.98 Å². The average molecular weight is 161 g/mol. The number of pyridine rings is 1. The van der Waals surface area contributed by atoms with E-state index < -0.39 is 0 Å². The van der Waals surface area contributed by atoms with Gasteiger partial charge in [0, 0.05) is 11.8 Å². The lowest BCUT2D eigenvalue weighted by Gasteiger charge is -2.00. The number of hydrogen-bond donors (Lipinski definition) is 1. The summed E-state index contributed by atoms with van der Waals surface area (Å²) in [7, 11) is 0. The van der Waals surface area contributed by atoms with Gasteiger partial charge < -0.3 is 5.11 Å². The van der Waals surface area contributed by atoms with Gasteiger partial charge >= 0.3 is 0 Å². The number of rotatable bonds is 2. The van der Waals surface area contributed by atoms with Gasteiger partial charge in [-0.05, 0) is 13.0 Å². The second-order valence-electron chi connectivity index (χ2n) is 2.39. The summed E-state index contributed by atoms with van der Waals surface area (Å²) in [5.74, 6) is 0.00343. The van der Waals surface area contributed by atoms with E-state index in [0.717, 1.165) is 5.56 Å². The molecule has 2 nitrogen and oxygen atoms in total. The van der Waals surface area contributed by atoms with Crippen LogP contribution in [0.2, 0.25) is 0 Å². The van der Waals surface area contributed by atoms with E-state index in [0.29, 0.717) is 5.69 Å². The third-order valence-electron chi connectivity index (χ3n) is 1.46. The molecular weight excluding hydrogens is 150 g/mol. The summed E-state index contributed by atoms with van der Waals surface area (Å²) >= 11 is 0. The normalized spacial score (nSPS) is 10.4. The van der Waals surface area contributed by atoms with Gasteiger partial charge in [-0.2, -0.15) is 0 Å².